The van der Waals surface area contributed by atoms with Crippen LogP contribution >= 0.6 is 0 Å². The average molecular weight is 381 g/mol. The van der Waals surface area contributed by atoms with Crippen LogP contribution in [0.3, 0.4) is 0 Å². The predicted molar refractivity (Wildman–Crippen MR) is 90.7 cm³/mol. The van der Waals surface area contributed by atoms with Gasteiger partial charge in [0.25, 0.3) is 5.91 Å². The predicted octanol–water partition coefficient (Wildman–Crippen LogP) is 2.94. The van der Waals surface area contributed by atoms with Gasteiger partial charge in [-0.15, -0.1) is 0 Å². The molecule has 2 atom stereocenters. The summed E-state index contributed by atoms with van der Waals surface area (Å²) in [5.41, 5.74) is -0.0842. The molecule has 0 aromatic heterocycles. The molecular weight excluding hydrogens is 363 g/mol. The highest BCUT2D eigenvalue weighted by Gasteiger charge is 2.31. The minimum atomic E-state index is -4.53. The molecule has 0 saturated carbocycles. The molecule has 0 heterocycles. The van der Waals surface area contributed by atoms with E-state index in [0.29, 0.717) is 6.42 Å². The molecule has 0 fully saturated rings. The fraction of sp³-hybridized carbons (Fsp3) is 0.263. The number of amides is 1. The van der Waals surface area contributed by atoms with Gasteiger partial charge in [-0.25, -0.2) is 4.79 Å². The van der Waals surface area contributed by atoms with Gasteiger partial charge in [0, 0.05) is 0 Å². The Hall–Kier alpha value is -2.87. The van der Waals surface area contributed by atoms with E-state index >= 15 is 0 Å². The number of aliphatic hydroxyl groups is 1. The van der Waals surface area contributed by atoms with Crippen LogP contribution < -0.4 is 5.32 Å². The second kappa shape index (κ2) is 8.68. The Morgan fingerprint density at radius 3 is 2.11 bits per heavy atom. The maximum atomic E-state index is 12.6. The first-order valence-electron chi connectivity index (χ1n) is 8.11. The maximum absolute atomic E-state index is 12.6. The Morgan fingerprint density at radius 2 is 1.59 bits per heavy atom. The van der Waals surface area contributed by atoms with Crippen LogP contribution in [0.1, 0.15) is 29.2 Å². The van der Waals surface area contributed by atoms with Gasteiger partial charge in [0.15, 0.2) is 6.10 Å². The lowest BCUT2D eigenvalue weighted by Gasteiger charge is -2.18. The molecule has 2 aromatic carbocycles. The third-order valence-corrected chi connectivity index (χ3v) is 3.98. The SMILES string of the molecule is O=C(O)[C@H](CCc1ccccc1)NC(=O)[C@@H](O)c1ccc(C(F)(F)F)cc1. The number of aryl methyl sites for hydroxylation is 1. The molecule has 8 heteroatoms. The standard InChI is InChI=1S/C19H18F3NO4/c20-19(21,22)14-9-7-13(8-10-14)16(24)17(25)23-15(18(26)27)11-6-12-4-2-1-3-5-12/h1-5,7-10,15-16,24H,6,11H2,(H,23,25)(H,26,27)/t15-,16-/m0/s1. The first-order chi connectivity index (χ1) is 12.7. The normalized spacial score (nSPS) is 13.6. The van der Waals surface area contributed by atoms with Crippen LogP contribution in [0.5, 0.6) is 0 Å². The van der Waals surface area contributed by atoms with Crippen LogP contribution in [0.2, 0.25) is 0 Å². The highest BCUT2D eigenvalue weighted by molar-refractivity contribution is 5.86. The van der Waals surface area contributed by atoms with E-state index in [1.54, 1.807) is 12.1 Å². The quantitative estimate of drug-likeness (QED) is 0.688. The van der Waals surface area contributed by atoms with Crippen LogP contribution in [-0.2, 0) is 22.2 Å². The number of carbonyl (C=O) groups excluding carboxylic acids is 1. The third kappa shape index (κ3) is 5.82. The van der Waals surface area contributed by atoms with Crippen molar-refractivity contribution in [3.05, 3.63) is 71.3 Å². The number of carboxylic acids is 1. The Kier molecular flexibility index (Phi) is 6.57. The third-order valence-electron chi connectivity index (χ3n) is 3.98. The van der Waals surface area contributed by atoms with Gasteiger partial charge in [-0.1, -0.05) is 42.5 Å². The number of carboxylic acid groups (broad SMARTS) is 1. The topological polar surface area (TPSA) is 86.6 Å². The Balaban J connectivity index is 2.00. The van der Waals surface area contributed by atoms with Crippen molar-refractivity contribution in [1.82, 2.24) is 5.32 Å². The van der Waals surface area contributed by atoms with Gasteiger partial charge < -0.3 is 15.5 Å². The van der Waals surface area contributed by atoms with Crippen molar-refractivity contribution in [3.63, 3.8) is 0 Å². The van der Waals surface area contributed by atoms with Crippen molar-refractivity contribution in [2.75, 3.05) is 0 Å². The van der Waals surface area contributed by atoms with Crippen molar-refractivity contribution in [2.45, 2.75) is 31.2 Å². The molecular formula is C19H18F3NO4. The minimum Gasteiger partial charge on any atom is -0.480 e. The van der Waals surface area contributed by atoms with Crippen LogP contribution in [0.25, 0.3) is 0 Å². The summed E-state index contributed by atoms with van der Waals surface area (Å²) in [6, 6.07) is 11.3. The van der Waals surface area contributed by atoms with Crippen molar-refractivity contribution < 1.29 is 33.0 Å². The molecule has 2 aromatic rings. The summed E-state index contributed by atoms with van der Waals surface area (Å²) in [6.45, 7) is 0. The monoisotopic (exact) mass is 381 g/mol. The first-order valence-corrected chi connectivity index (χ1v) is 8.11. The summed E-state index contributed by atoms with van der Waals surface area (Å²) < 4.78 is 37.7. The van der Waals surface area contributed by atoms with E-state index in [2.05, 4.69) is 5.32 Å². The number of halogens is 3. The summed E-state index contributed by atoms with van der Waals surface area (Å²) in [7, 11) is 0. The fourth-order valence-corrected chi connectivity index (χ4v) is 2.47. The van der Waals surface area contributed by atoms with Crippen molar-refractivity contribution in [3.8, 4) is 0 Å². The molecule has 0 unspecified atom stereocenters. The summed E-state index contributed by atoms with van der Waals surface area (Å²) in [5.74, 6) is -2.26. The molecule has 0 spiro atoms. The number of hydrogen-bond donors (Lipinski definition) is 3. The van der Waals surface area contributed by atoms with E-state index in [4.69, 9.17) is 0 Å². The molecule has 3 N–H and O–H groups in total. The van der Waals surface area contributed by atoms with Gasteiger partial charge >= 0.3 is 12.1 Å². The van der Waals surface area contributed by atoms with E-state index in [0.717, 1.165) is 29.8 Å². The van der Waals surface area contributed by atoms with Gasteiger partial charge in [0.2, 0.25) is 0 Å². The van der Waals surface area contributed by atoms with Gasteiger partial charge in [-0.3, -0.25) is 4.79 Å². The van der Waals surface area contributed by atoms with Crippen LogP contribution in [0, 0.1) is 0 Å². The number of hydrogen-bond acceptors (Lipinski definition) is 3. The second-order valence-electron chi connectivity index (χ2n) is 5.95. The second-order valence-corrected chi connectivity index (χ2v) is 5.95. The Bertz CT molecular complexity index is 776. The van der Waals surface area contributed by atoms with E-state index in [1.165, 1.54) is 0 Å². The lowest BCUT2D eigenvalue weighted by Crippen LogP contribution is -2.43. The fourth-order valence-electron chi connectivity index (χ4n) is 2.47. The zero-order chi connectivity index (χ0) is 20.0. The molecule has 27 heavy (non-hydrogen) atoms. The van der Waals surface area contributed by atoms with Crippen molar-refractivity contribution in [2.24, 2.45) is 0 Å². The van der Waals surface area contributed by atoms with E-state index in [1.807, 2.05) is 18.2 Å². The number of benzene rings is 2. The van der Waals surface area contributed by atoms with E-state index in [-0.39, 0.29) is 12.0 Å². The van der Waals surface area contributed by atoms with Crippen LogP contribution in [-0.4, -0.2) is 28.1 Å². The first kappa shape index (κ1) is 20.4. The molecule has 0 radical (unpaired) electrons. The summed E-state index contributed by atoms with van der Waals surface area (Å²) in [6.07, 6.45) is -5.80. The van der Waals surface area contributed by atoms with Gasteiger partial charge in [-0.05, 0) is 36.1 Å². The smallest absolute Gasteiger partial charge is 0.416 e. The number of rotatable bonds is 7. The van der Waals surface area contributed by atoms with Crippen LogP contribution in [0.4, 0.5) is 13.2 Å². The number of carbonyl (C=O) groups is 2. The Morgan fingerprint density at radius 1 is 1.00 bits per heavy atom. The van der Waals surface area contributed by atoms with Gasteiger partial charge in [0.1, 0.15) is 6.04 Å². The minimum absolute atomic E-state index is 0.0623. The molecule has 0 aliphatic carbocycles. The molecule has 2 rings (SSSR count). The largest absolute Gasteiger partial charge is 0.480 e. The lowest BCUT2D eigenvalue weighted by molar-refractivity contribution is -0.143. The molecule has 0 bridgehead atoms. The van der Waals surface area contributed by atoms with Crippen LogP contribution in [0.15, 0.2) is 54.6 Å². The Labute approximate surface area is 153 Å². The summed E-state index contributed by atoms with van der Waals surface area (Å²) in [4.78, 5) is 23.5. The molecule has 5 nitrogen and oxygen atoms in total. The molecule has 0 aliphatic heterocycles. The molecule has 144 valence electrons. The molecule has 0 saturated heterocycles. The van der Waals surface area contributed by atoms with Gasteiger partial charge in [0.05, 0.1) is 5.56 Å². The number of aliphatic hydroxyl groups excluding tert-OH is 1. The zero-order valence-electron chi connectivity index (χ0n) is 14.1. The lowest BCUT2D eigenvalue weighted by atomic mass is 10.0. The highest BCUT2D eigenvalue weighted by Crippen LogP contribution is 2.30. The summed E-state index contributed by atoms with van der Waals surface area (Å²) in [5, 5.41) is 21.5. The number of alkyl halides is 3. The van der Waals surface area contributed by atoms with Crippen molar-refractivity contribution in [1.29, 1.82) is 0 Å². The number of aliphatic carboxylic acids is 1. The molecule has 0 aliphatic rings. The zero-order valence-corrected chi connectivity index (χ0v) is 14.1. The molecule has 1 amide bonds. The maximum Gasteiger partial charge on any atom is 0.416 e. The summed E-state index contributed by atoms with van der Waals surface area (Å²) >= 11 is 0. The van der Waals surface area contributed by atoms with E-state index in [9.17, 15) is 33.0 Å². The van der Waals surface area contributed by atoms with Crippen molar-refractivity contribution >= 4 is 11.9 Å². The highest BCUT2D eigenvalue weighted by atomic mass is 19.4. The van der Waals surface area contributed by atoms with Gasteiger partial charge in [-0.2, -0.15) is 13.2 Å². The average Bonchev–Trinajstić information content (AvgIpc) is 2.64. The van der Waals surface area contributed by atoms with E-state index < -0.39 is 35.8 Å². The number of nitrogens with one attached hydrogen (secondary N) is 1.